The molecule has 8 nitrogen and oxygen atoms in total. The summed E-state index contributed by atoms with van der Waals surface area (Å²) in [6.07, 6.45) is 1.22. The van der Waals surface area contributed by atoms with Crippen molar-refractivity contribution in [3.05, 3.63) is 45.4 Å². The zero-order chi connectivity index (χ0) is 14.7. The van der Waals surface area contributed by atoms with Crippen LogP contribution < -0.4 is 11.0 Å². The number of amides is 1. The van der Waals surface area contributed by atoms with Gasteiger partial charge in [0, 0.05) is 17.2 Å². The number of carbonyl (C=O) groups is 1. The minimum absolute atomic E-state index is 0.0794. The Hall–Kier alpha value is -3.03. The highest BCUT2D eigenvalue weighted by Gasteiger charge is 2.12. The van der Waals surface area contributed by atoms with E-state index in [0.717, 1.165) is 6.07 Å². The van der Waals surface area contributed by atoms with Crippen molar-refractivity contribution in [2.45, 2.75) is 6.92 Å². The van der Waals surface area contributed by atoms with E-state index in [1.807, 2.05) is 0 Å². The van der Waals surface area contributed by atoms with Crippen LogP contribution in [0.4, 0.5) is 0 Å². The third-order valence-electron chi connectivity index (χ3n) is 2.63. The van der Waals surface area contributed by atoms with Gasteiger partial charge in [-0.3, -0.25) is 19.8 Å². The van der Waals surface area contributed by atoms with Crippen molar-refractivity contribution >= 4 is 12.1 Å². The molecule has 0 bridgehead atoms. The van der Waals surface area contributed by atoms with E-state index in [9.17, 15) is 14.7 Å². The van der Waals surface area contributed by atoms with E-state index in [0.29, 0.717) is 5.56 Å². The first kappa shape index (κ1) is 13.4. The Kier molecular flexibility index (Phi) is 3.56. The van der Waals surface area contributed by atoms with Crippen molar-refractivity contribution in [3.63, 3.8) is 0 Å². The molecule has 0 saturated heterocycles. The Morgan fingerprint density at radius 1 is 1.35 bits per heavy atom. The zero-order valence-corrected chi connectivity index (χ0v) is 10.5. The summed E-state index contributed by atoms with van der Waals surface area (Å²) in [4.78, 5) is 22.8. The van der Waals surface area contributed by atoms with Crippen LogP contribution in [0.3, 0.4) is 0 Å². The summed E-state index contributed by atoms with van der Waals surface area (Å²) >= 11 is 0. The van der Waals surface area contributed by atoms with Gasteiger partial charge in [0.25, 0.3) is 11.5 Å². The van der Waals surface area contributed by atoms with Crippen LogP contribution in [0.1, 0.15) is 21.6 Å². The van der Waals surface area contributed by atoms with Gasteiger partial charge in [-0.2, -0.15) is 5.10 Å². The molecule has 1 aromatic heterocycles. The smallest absolute Gasteiger partial charge is 0.289 e. The molecule has 104 valence electrons. The molecule has 0 aliphatic heterocycles. The number of hydrogen-bond donors (Lipinski definition) is 5. The number of hydrazone groups is 1. The second-order valence-electron chi connectivity index (χ2n) is 4.02. The highest BCUT2D eigenvalue weighted by Crippen LogP contribution is 2.20. The van der Waals surface area contributed by atoms with E-state index < -0.39 is 5.91 Å². The summed E-state index contributed by atoms with van der Waals surface area (Å²) in [6.45, 7) is 1.50. The number of aromatic amines is 2. The number of phenolic OH excluding ortho intramolecular Hbond substituents is 2. The first-order valence-electron chi connectivity index (χ1n) is 5.61. The lowest BCUT2D eigenvalue weighted by Gasteiger charge is -2.00. The lowest BCUT2D eigenvalue weighted by atomic mass is 10.2. The van der Waals surface area contributed by atoms with Crippen LogP contribution in [0.2, 0.25) is 0 Å². The van der Waals surface area contributed by atoms with Gasteiger partial charge >= 0.3 is 0 Å². The fourth-order valence-corrected chi connectivity index (χ4v) is 1.50. The van der Waals surface area contributed by atoms with Gasteiger partial charge in [0.15, 0.2) is 0 Å². The summed E-state index contributed by atoms with van der Waals surface area (Å²) < 4.78 is 0. The molecule has 1 heterocycles. The fraction of sp³-hybridized carbons (Fsp3) is 0.0833. The molecular formula is C12H12N4O4. The van der Waals surface area contributed by atoms with Crippen LogP contribution in [-0.2, 0) is 0 Å². The number of phenols is 2. The minimum atomic E-state index is -0.588. The summed E-state index contributed by atoms with van der Waals surface area (Å²) in [5, 5.41) is 27.0. The number of nitrogens with zero attached hydrogens (tertiary/aromatic N) is 1. The number of hydrogen-bond acceptors (Lipinski definition) is 5. The van der Waals surface area contributed by atoms with Crippen molar-refractivity contribution < 1.29 is 15.0 Å². The molecular weight excluding hydrogens is 264 g/mol. The summed E-state index contributed by atoms with van der Waals surface area (Å²) in [5.41, 5.74) is 2.49. The SMILES string of the molecule is Cc1c(C(=O)N/N=C/c2ccc(O)cc2O)[nH][nH]c1=O. The standard InChI is InChI=1S/C12H12N4O4/c1-6-10(14-16-11(6)19)12(20)15-13-5-7-2-3-8(17)4-9(7)18/h2-5,17-18H,1H3,(H,15,20)(H2,14,16,19)/b13-5+. The van der Waals surface area contributed by atoms with Gasteiger partial charge in [0.05, 0.1) is 6.21 Å². The third-order valence-corrected chi connectivity index (χ3v) is 2.63. The van der Waals surface area contributed by atoms with E-state index >= 15 is 0 Å². The number of nitrogens with one attached hydrogen (secondary N) is 3. The first-order valence-corrected chi connectivity index (χ1v) is 5.61. The zero-order valence-electron chi connectivity index (χ0n) is 10.5. The molecule has 0 aliphatic rings. The van der Waals surface area contributed by atoms with E-state index in [4.69, 9.17) is 5.11 Å². The number of H-pyrrole nitrogens is 2. The van der Waals surface area contributed by atoms with Crippen LogP contribution in [0.15, 0.2) is 28.1 Å². The van der Waals surface area contributed by atoms with E-state index in [1.54, 1.807) is 0 Å². The molecule has 0 saturated carbocycles. The molecule has 0 unspecified atom stereocenters. The quantitative estimate of drug-likeness (QED) is 0.404. The van der Waals surface area contributed by atoms with Crippen LogP contribution >= 0.6 is 0 Å². The van der Waals surface area contributed by atoms with Gasteiger partial charge in [0.2, 0.25) is 0 Å². The molecule has 0 atom stereocenters. The Bertz CT molecular complexity index is 729. The van der Waals surface area contributed by atoms with E-state index in [-0.39, 0.29) is 28.3 Å². The monoisotopic (exact) mass is 276 g/mol. The average molecular weight is 276 g/mol. The molecule has 2 aromatic rings. The second kappa shape index (κ2) is 5.31. The topological polar surface area (TPSA) is 131 Å². The minimum Gasteiger partial charge on any atom is -0.508 e. The molecule has 0 fully saturated rings. The number of rotatable bonds is 3. The molecule has 5 N–H and O–H groups in total. The number of carbonyl (C=O) groups excluding carboxylic acids is 1. The van der Waals surface area contributed by atoms with Gasteiger partial charge in [-0.15, -0.1) is 0 Å². The highest BCUT2D eigenvalue weighted by molar-refractivity contribution is 5.94. The Morgan fingerprint density at radius 3 is 2.70 bits per heavy atom. The maximum atomic E-state index is 11.7. The summed E-state index contributed by atoms with van der Waals surface area (Å²) in [5.74, 6) is -0.839. The van der Waals surface area contributed by atoms with Crippen LogP contribution in [0, 0.1) is 6.92 Å². The molecule has 1 amide bonds. The lowest BCUT2D eigenvalue weighted by Crippen LogP contribution is -2.19. The Morgan fingerprint density at radius 2 is 2.10 bits per heavy atom. The molecule has 20 heavy (non-hydrogen) atoms. The highest BCUT2D eigenvalue weighted by atomic mass is 16.3. The summed E-state index contributed by atoms with van der Waals surface area (Å²) in [6, 6.07) is 3.96. The van der Waals surface area contributed by atoms with Crippen molar-refractivity contribution in [2.75, 3.05) is 0 Å². The van der Waals surface area contributed by atoms with Gasteiger partial charge in [-0.05, 0) is 19.1 Å². The maximum Gasteiger partial charge on any atom is 0.289 e. The van der Waals surface area contributed by atoms with Crippen LogP contribution in [0.5, 0.6) is 11.5 Å². The number of aromatic nitrogens is 2. The van der Waals surface area contributed by atoms with Gasteiger partial charge < -0.3 is 10.2 Å². The van der Waals surface area contributed by atoms with Crippen molar-refractivity contribution in [3.8, 4) is 11.5 Å². The fourth-order valence-electron chi connectivity index (χ4n) is 1.50. The van der Waals surface area contributed by atoms with E-state index in [2.05, 4.69) is 20.7 Å². The summed E-state index contributed by atoms with van der Waals surface area (Å²) in [7, 11) is 0. The molecule has 0 radical (unpaired) electrons. The number of aromatic hydroxyl groups is 2. The lowest BCUT2D eigenvalue weighted by molar-refractivity contribution is 0.0949. The molecule has 8 heteroatoms. The Balaban J connectivity index is 2.08. The van der Waals surface area contributed by atoms with Gasteiger partial charge in [0.1, 0.15) is 17.2 Å². The second-order valence-corrected chi connectivity index (χ2v) is 4.02. The largest absolute Gasteiger partial charge is 0.508 e. The Labute approximate surface area is 112 Å². The molecule has 1 aromatic carbocycles. The van der Waals surface area contributed by atoms with Crippen LogP contribution in [0.25, 0.3) is 0 Å². The maximum absolute atomic E-state index is 11.7. The molecule has 0 aliphatic carbocycles. The normalized spacial score (nSPS) is 10.8. The van der Waals surface area contributed by atoms with Crippen LogP contribution in [-0.4, -0.2) is 32.5 Å². The first-order chi connectivity index (χ1) is 9.49. The number of benzene rings is 1. The van der Waals surface area contributed by atoms with Crippen molar-refractivity contribution in [1.82, 2.24) is 15.6 Å². The third kappa shape index (κ3) is 2.69. The van der Waals surface area contributed by atoms with Gasteiger partial charge in [-0.25, -0.2) is 5.43 Å². The molecule has 2 rings (SSSR count). The predicted octanol–water partition coefficient (Wildman–Crippen LogP) is 0.187. The van der Waals surface area contributed by atoms with Crippen molar-refractivity contribution in [2.24, 2.45) is 5.10 Å². The van der Waals surface area contributed by atoms with E-state index in [1.165, 1.54) is 25.3 Å². The molecule has 0 spiro atoms. The average Bonchev–Trinajstić information content (AvgIpc) is 2.72. The van der Waals surface area contributed by atoms with Gasteiger partial charge in [-0.1, -0.05) is 0 Å². The predicted molar refractivity (Wildman–Crippen MR) is 71.0 cm³/mol. The van der Waals surface area contributed by atoms with Crippen molar-refractivity contribution in [1.29, 1.82) is 0 Å².